The molecule has 2 aromatic rings. The van der Waals surface area contributed by atoms with E-state index in [2.05, 4.69) is 15.5 Å². The zero-order valence-electron chi connectivity index (χ0n) is 15.9. The lowest BCUT2D eigenvalue weighted by atomic mass is 10.1. The molecule has 0 aromatic heterocycles. The van der Waals surface area contributed by atoms with Crippen molar-refractivity contribution in [2.75, 3.05) is 46.1 Å². The lowest BCUT2D eigenvalue weighted by Gasteiger charge is -2.15. The van der Waals surface area contributed by atoms with E-state index in [4.69, 9.17) is 9.47 Å². The Morgan fingerprint density at radius 1 is 1.14 bits per heavy atom. The van der Waals surface area contributed by atoms with Crippen LogP contribution in [0.25, 0.3) is 10.8 Å². The Bertz CT molecular complexity index is 782. The Hall–Kier alpha value is -2.95. The zero-order chi connectivity index (χ0) is 20.9. The molecule has 0 aliphatic rings. The number of nitrogens with one attached hydrogen (secondary N) is 2. The fourth-order valence-corrected chi connectivity index (χ4v) is 2.51. The highest BCUT2D eigenvalue weighted by atomic mass is 17.0. The van der Waals surface area contributed by atoms with Crippen molar-refractivity contribution in [3.63, 3.8) is 0 Å². The first-order chi connectivity index (χ1) is 14.1. The van der Waals surface area contributed by atoms with E-state index >= 15 is 0 Å². The van der Waals surface area contributed by atoms with Gasteiger partial charge in [-0.1, -0.05) is 36.4 Å². The van der Waals surface area contributed by atoms with Gasteiger partial charge in [-0.05, 0) is 11.5 Å². The summed E-state index contributed by atoms with van der Waals surface area (Å²) in [6, 6.07) is 13.6. The number of hydrogen-bond donors (Lipinski definition) is 3. The van der Waals surface area contributed by atoms with Gasteiger partial charge in [-0.3, -0.25) is 4.79 Å². The maximum absolute atomic E-state index is 11.5. The molecular formula is C19H25N3O7. The fourth-order valence-electron chi connectivity index (χ4n) is 2.51. The molecule has 3 N–H and O–H groups in total. The molecule has 1 atom stereocenters. The van der Waals surface area contributed by atoms with Gasteiger partial charge in [0.25, 0.3) is 5.09 Å². The molecular weight excluding hydrogens is 382 g/mol. The molecule has 0 aliphatic carbocycles. The smallest absolute Gasteiger partial charge is 0.294 e. The molecule has 10 heteroatoms. The minimum absolute atomic E-state index is 0.0461. The van der Waals surface area contributed by atoms with E-state index in [9.17, 15) is 20.0 Å². The van der Waals surface area contributed by atoms with Crippen molar-refractivity contribution in [1.29, 1.82) is 0 Å². The van der Waals surface area contributed by atoms with Gasteiger partial charge < -0.3 is 30.1 Å². The Morgan fingerprint density at radius 3 is 2.76 bits per heavy atom. The van der Waals surface area contributed by atoms with Gasteiger partial charge in [0.15, 0.2) is 0 Å². The third-order valence-electron chi connectivity index (χ3n) is 3.84. The maximum Gasteiger partial charge on any atom is 0.294 e. The van der Waals surface area contributed by atoms with Gasteiger partial charge >= 0.3 is 0 Å². The van der Waals surface area contributed by atoms with Gasteiger partial charge in [-0.2, -0.15) is 0 Å². The summed E-state index contributed by atoms with van der Waals surface area (Å²) in [5.41, 5.74) is 0. The summed E-state index contributed by atoms with van der Waals surface area (Å²) in [7, 11) is 0. The highest BCUT2D eigenvalue weighted by molar-refractivity contribution is 5.88. The Kier molecular flexibility index (Phi) is 9.63. The second-order valence-electron chi connectivity index (χ2n) is 6.11. The van der Waals surface area contributed by atoms with Crippen LogP contribution in [0.1, 0.15) is 0 Å². The van der Waals surface area contributed by atoms with E-state index in [1.54, 1.807) is 0 Å². The first-order valence-electron chi connectivity index (χ1n) is 9.17. The Balaban J connectivity index is 1.53. The van der Waals surface area contributed by atoms with E-state index < -0.39 is 11.2 Å². The highest BCUT2D eigenvalue weighted by Crippen LogP contribution is 2.25. The van der Waals surface area contributed by atoms with Crippen molar-refractivity contribution < 1.29 is 29.3 Å². The molecule has 0 heterocycles. The number of carbonyl (C=O) groups excluding carboxylic acids is 1. The molecule has 1 amide bonds. The number of benzene rings is 2. The van der Waals surface area contributed by atoms with Crippen molar-refractivity contribution in [2.24, 2.45) is 0 Å². The van der Waals surface area contributed by atoms with Crippen LogP contribution >= 0.6 is 0 Å². The third-order valence-corrected chi connectivity index (χ3v) is 3.84. The van der Waals surface area contributed by atoms with Crippen molar-refractivity contribution in [2.45, 2.75) is 6.10 Å². The molecule has 0 spiro atoms. The minimum atomic E-state index is -0.920. The van der Waals surface area contributed by atoms with Crippen LogP contribution < -0.4 is 15.4 Å². The van der Waals surface area contributed by atoms with Gasteiger partial charge in [0.2, 0.25) is 5.91 Å². The average Bonchev–Trinajstić information content (AvgIpc) is 2.71. The second-order valence-corrected chi connectivity index (χ2v) is 6.11. The van der Waals surface area contributed by atoms with E-state index in [0.717, 1.165) is 16.5 Å². The van der Waals surface area contributed by atoms with Crippen LogP contribution in [0.4, 0.5) is 0 Å². The van der Waals surface area contributed by atoms with Crippen LogP contribution in [0.15, 0.2) is 42.5 Å². The van der Waals surface area contributed by atoms with Crippen LogP contribution in [0.3, 0.4) is 0 Å². The summed E-state index contributed by atoms with van der Waals surface area (Å²) >= 11 is 0. The van der Waals surface area contributed by atoms with Crippen LogP contribution in [0, 0.1) is 10.1 Å². The van der Waals surface area contributed by atoms with Crippen LogP contribution in [-0.4, -0.2) is 68.3 Å². The maximum atomic E-state index is 11.5. The SMILES string of the molecule is O=C(COCCO[N+](=O)[O-])NCCNCC(O)COc1cccc2ccccc12. The number of carbonyl (C=O) groups is 1. The van der Waals surface area contributed by atoms with E-state index in [-0.39, 0.29) is 32.3 Å². The van der Waals surface area contributed by atoms with E-state index in [1.165, 1.54) is 0 Å². The Labute approximate surface area is 167 Å². The predicted octanol–water partition coefficient (Wildman–Crippen LogP) is 0.510. The molecule has 2 rings (SSSR count). The van der Waals surface area contributed by atoms with E-state index in [0.29, 0.717) is 19.6 Å². The Morgan fingerprint density at radius 2 is 1.93 bits per heavy atom. The lowest BCUT2D eigenvalue weighted by Crippen LogP contribution is -2.38. The summed E-state index contributed by atoms with van der Waals surface area (Å²) in [6.07, 6.45) is -0.699. The standard InChI is InChI=1S/C19H25N3O7/c23-16(13-28-18-7-3-5-15-4-1-2-6-17(15)18)12-20-8-9-21-19(24)14-27-10-11-29-22(25)26/h1-7,16,20,23H,8-14H2,(H,21,24). The monoisotopic (exact) mass is 407 g/mol. The molecule has 0 radical (unpaired) electrons. The predicted molar refractivity (Wildman–Crippen MR) is 105 cm³/mol. The zero-order valence-corrected chi connectivity index (χ0v) is 15.9. The molecule has 0 saturated carbocycles. The quantitative estimate of drug-likeness (QED) is 0.234. The fraction of sp³-hybridized carbons (Fsp3) is 0.421. The van der Waals surface area contributed by atoms with Gasteiger partial charge in [0.05, 0.1) is 6.61 Å². The van der Waals surface area contributed by atoms with Crippen molar-refractivity contribution in [3.8, 4) is 5.75 Å². The number of nitrogens with zero attached hydrogens (tertiary/aromatic N) is 1. The van der Waals surface area contributed by atoms with Crippen LogP contribution in [0.5, 0.6) is 5.75 Å². The molecule has 29 heavy (non-hydrogen) atoms. The molecule has 0 bridgehead atoms. The first kappa shape index (κ1) is 22.3. The number of aliphatic hydroxyl groups excluding tert-OH is 1. The van der Waals surface area contributed by atoms with Crippen LogP contribution in [-0.2, 0) is 14.4 Å². The summed E-state index contributed by atoms with van der Waals surface area (Å²) in [6.45, 7) is 0.799. The molecule has 1 unspecified atom stereocenters. The topological polar surface area (TPSA) is 132 Å². The molecule has 0 saturated heterocycles. The molecule has 0 fully saturated rings. The number of rotatable bonds is 14. The van der Waals surface area contributed by atoms with Gasteiger partial charge in [-0.15, -0.1) is 10.1 Å². The molecule has 10 nitrogen and oxygen atoms in total. The van der Waals surface area contributed by atoms with Gasteiger partial charge in [0, 0.05) is 25.0 Å². The largest absolute Gasteiger partial charge is 0.490 e. The molecule has 158 valence electrons. The summed E-state index contributed by atoms with van der Waals surface area (Å²) in [4.78, 5) is 25.5. The number of fused-ring (bicyclic) bond motifs is 1. The molecule has 0 aliphatic heterocycles. The first-order valence-corrected chi connectivity index (χ1v) is 9.17. The van der Waals surface area contributed by atoms with Crippen LogP contribution in [0.2, 0.25) is 0 Å². The second kappa shape index (κ2) is 12.5. The number of aliphatic hydroxyl groups is 1. The third kappa shape index (κ3) is 8.73. The summed E-state index contributed by atoms with van der Waals surface area (Å²) in [5, 5.41) is 26.8. The summed E-state index contributed by atoms with van der Waals surface area (Å²) < 4.78 is 10.7. The van der Waals surface area contributed by atoms with E-state index in [1.807, 2.05) is 42.5 Å². The molecule has 2 aromatic carbocycles. The van der Waals surface area contributed by atoms with Crippen molar-refractivity contribution in [3.05, 3.63) is 52.6 Å². The number of amides is 1. The normalized spacial score (nSPS) is 11.8. The average molecular weight is 407 g/mol. The highest BCUT2D eigenvalue weighted by Gasteiger charge is 2.07. The van der Waals surface area contributed by atoms with Gasteiger partial charge in [0.1, 0.15) is 31.7 Å². The minimum Gasteiger partial charge on any atom is -0.490 e. The lowest BCUT2D eigenvalue weighted by molar-refractivity contribution is -0.758. The van der Waals surface area contributed by atoms with Crippen molar-refractivity contribution in [1.82, 2.24) is 10.6 Å². The van der Waals surface area contributed by atoms with Crippen molar-refractivity contribution >= 4 is 16.7 Å². The number of ether oxygens (including phenoxy) is 2. The number of hydrogen-bond acceptors (Lipinski definition) is 8. The summed E-state index contributed by atoms with van der Waals surface area (Å²) in [5.74, 6) is 0.380. The van der Waals surface area contributed by atoms with Gasteiger partial charge in [-0.25, -0.2) is 0 Å².